The van der Waals surface area contributed by atoms with E-state index in [1.165, 1.54) is 18.1 Å². The van der Waals surface area contributed by atoms with Crippen LogP contribution in [0.5, 0.6) is 5.75 Å². The largest absolute Gasteiger partial charge is 0.497 e. The molecule has 2 aromatic rings. The fourth-order valence-corrected chi connectivity index (χ4v) is 2.73. The van der Waals surface area contributed by atoms with Gasteiger partial charge >= 0.3 is 0 Å². The Hall–Kier alpha value is -2.96. The van der Waals surface area contributed by atoms with Gasteiger partial charge in [-0.15, -0.1) is 0 Å². The van der Waals surface area contributed by atoms with Crippen molar-refractivity contribution in [2.75, 3.05) is 23.9 Å². The third kappa shape index (κ3) is 3.60. The fraction of sp³-hybridized carbons (Fsp3) is 0.222. The molecule has 1 aliphatic heterocycles. The summed E-state index contributed by atoms with van der Waals surface area (Å²) in [7, 11) is 1.53. The van der Waals surface area contributed by atoms with Crippen LogP contribution in [-0.2, 0) is 9.59 Å². The number of amides is 2. The summed E-state index contributed by atoms with van der Waals surface area (Å²) in [5.74, 6) is -2.59. The Balaban J connectivity index is 1.70. The van der Waals surface area contributed by atoms with Gasteiger partial charge in [0.05, 0.1) is 13.0 Å². The van der Waals surface area contributed by atoms with Crippen LogP contribution in [0.3, 0.4) is 0 Å². The lowest BCUT2D eigenvalue weighted by Gasteiger charge is -2.17. The van der Waals surface area contributed by atoms with Crippen LogP contribution in [0, 0.1) is 17.6 Å². The molecule has 1 unspecified atom stereocenters. The van der Waals surface area contributed by atoms with Gasteiger partial charge in [0.1, 0.15) is 5.75 Å². The summed E-state index contributed by atoms with van der Waals surface area (Å²) >= 11 is 0. The van der Waals surface area contributed by atoms with Gasteiger partial charge in [-0.2, -0.15) is 0 Å². The number of hydrogen-bond donors (Lipinski definition) is 1. The van der Waals surface area contributed by atoms with Gasteiger partial charge in [-0.05, 0) is 24.3 Å². The van der Waals surface area contributed by atoms with Crippen molar-refractivity contribution in [2.45, 2.75) is 6.42 Å². The Bertz CT molecular complexity index is 826. The molecular weight excluding hydrogens is 330 g/mol. The van der Waals surface area contributed by atoms with Crippen LogP contribution in [0.1, 0.15) is 6.42 Å². The van der Waals surface area contributed by atoms with Gasteiger partial charge in [0.25, 0.3) is 0 Å². The standard InChI is InChI=1S/C18H16F2N2O3/c1-25-14-4-2-3-13(9-14)22-10-11(7-17(22)23)18(24)21-12-5-6-15(19)16(20)8-12/h2-6,8-9,11H,7,10H2,1H3,(H,21,24). The summed E-state index contributed by atoms with van der Waals surface area (Å²) in [6.45, 7) is 0.210. The summed E-state index contributed by atoms with van der Waals surface area (Å²) < 4.78 is 31.3. The number of anilines is 2. The van der Waals surface area contributed by atoms with Crippen LogP contribution in [0.25, 0.3) is 0 Å². The predicted octanol–water partition coefficient (Wildman–Crippen LogP) is 2.97. The number of hydrogen-bond acceptors (Lipinski definition) is 3. The molecule has 1 fully saturated rings. The molecular formula is C18H16F2N2O3. The molecule has 1 N–H and O–H groups in total. The van der Waals surface area contributed by atoms with Gasteiger partial charge in [0.2, 0.25) is 11.8 Å². The molecule has 0 radical (unpaired) electrons. The van der Waals surface area contributed by atoms with Crippen LogP contribution >= 0.6 is 0 Å². The molecule has 2 aromatic carbocycles. The quantitative estimate of drug-likeness (QED) is 0.926. The lowest BCUT2D eigenvalue weighted by atomic mass is 10.1. The second-order valence-electron chi connectivity index (χ2n) is 5.73. The smallest absolute Gasteiger partial charge is 0.229 e. The summed E-state index contributed by atoms with van der Waals surface area (Å²) in [5, 5.41) is 2.52. The Morgan fingerprint density at radius 2 is 2.00 bits per heavy atom. The van der Waals surface area contributed by atoms with Crippen molar-refractivity contribution in [3.63, 3.8) is 0 Å². The van der Waals surface area contributed by atoms with E-state index in [2.05, 4.69) is 5.32 Å². The number of benzene rings is 2. The lowest BCUT2D eigenvalue weighted by Crippen LogP contribution is -2.28. The van der Waals surface area contributed by atoms with E-state index in [0.29, 0.717) is 11.4 Å². The number of ether oxygens (including phenoxy) is 1. The Morgan fingerprint density at radius 3 is 2.72 bits per heavy atom. The number of carbonyl (C=O) groups is 2. The minimum Gasteiger partial charge on any atom is -0.497 e. The maximum Gasteiger partial charge on any atom is 0.229 e. The molecule has 2 amide bonds. The zero-order valence-electron chi connectivity index (χ0n) is 13.5. The summed E-state index contributed by atoms with van der Waals surface area (Å²) in [6.07, 6.45) is 0.0483. The molecule has 0 saturated carbocycles. The number of methoxy groups -OCH3 is 1. The SMILES string of the molecule is COc1cccc(N2CC(C(=O)Nc3ccc(F)c(F)c3)CC2=O)c1. The summed E-state index contributed by atoms with van der Waals surface area (Å²) in [4.78, 5) is 26.1. The third-order valence-corrected chi connectivity index (χ3v) is 4.05. The second kappa shape index (κ2) is 6.88. The van der Waals surface area contributed by atoms with Gasteiger partial charge < -0.3 is 15.0 Å². The van der Waals surface area contributed by atoms with Gasteiger partial charge in [-0.3, -0.25) is 9.59 Å². The number of nitrogens with one attached hydrogen (secondary N) is 1. The first-order valence-electron chi connectivity index (χ1n) is 7.68. The van der Waals surface area contributed by atoms with Crippen LogP contribution in [0.15, 0.2) is 42.5 Å². The van der Waals surface area contributed by atoms with E-state index in [9.17, 15) is 18.4 Å². The minimum absolute atomic E-state index is 0.0483. The number of rotatable bonds is 4. The molecule has 3 rings (SSSR count). The highest BCUT2D eigenvalue weighted by molar-refractivity contribution is 6.03. The normalized spacial score (nSPS) is 16.8. The topological polar surface area (TPSA) is 58.6 Å². The Kier molecular flexibility index (Phi) is 4.65. The summed E-state index contributed by atoms with van der Waals surface area (Å²) in [6, 6.07) is 10.1. The first-order valence-corrected chi connectivity index (χ1v) is 7.68. The van der Waals surface area contributed by atoms with E-state index in [0.717, 1.165) is 12.1 Å². The average Bonchev–Trinajstić information content (AvgIpc) is 3.00. The molecule has 1 heterocycles. The molecule has 130 valence electrons. The lowest BCUT2D eigenvalue weighted by molar-refractivity contribution is -0.122. The molecule has 0 aliphatic carbocycles. The molecule has 0 bridgehead atoms. The molecule has 0 aromatic heterocycles. The molecule has 5 nitrogen and oxygen atoms in total. The van der Waals surface area contributed by atoms with E-state index in [4.69, 9.17) is 4.74 Å². The highest BCUT2D eigenvalue weighted by Gasteiger charge is 2.35. The fourth-order valence-electron chi connectivity index (χ4n) is 2.73. The maximum absolute atomic E-state index is 13.2. The monoisotopic (exact) mass is 346 g/mol. The van der Waals surface area contributed by atoms with Gasteiger partial charge in [-0.25, -0.2) is 8.78 Å². The number of carbonyl (C=O) groups excluding carboxylic acids is 2. The van der Waals surface area contributed by atoms with Crippen molar-refractivity contribution in [3.05, 3.63) is 54.1 Å². The minimum atomic E-state index is -1.04. The second-order valence-corrected chi connectivity index (χ2v) is 5.73. The van der Waals surface area contributed by atoms with Crippen LogP contribution in [0.2, 0.25) is 0 Å². The predicted molar refractivity (Wildman–Crippen MR) is 88.4 cm³/mol. The summed E-state index contributed by atoms with van der Waals surface area (Å²) in [5.41, 5.74) is 0.795. The molecule has 1 atom stereocenters. The van der Waals surface area contributed by atoms with E-state index in [-0.39, 0.29) is 24.6 Å². The first-order chi connectivity index (χ1) is 12.0. The van der Waals surface area contributed by atoms with Crippen molar-refractivity contribution in [1.29, 1.82) is 0 Å². The number of nitrogens with zero attached hydrogens (tertiary/aromatic N) is 1. The molecule has 7 heteroatoms. The third-order valence-electron chi connectivity index (χ3n) is 4.05. The zero-order valence-corrected chi connectivity index (χ0v) is 13.5. The van der Waals surface area contributed by atoms with Crippen molar-refractivity contribution in [1.82, 2.24) is 0 Å². The highest BCUT2D eigenvalue weighted by Crippen LogP contribution is 2.28. The van der Waals surface area contributed by atoms with E-state index >= 15 is 0 Å². The van der Waals surface area contributed by atoms with Gasteiger partial charge in [-0.1, -0.05) is 6.07 Å². The Labute approximate surface area is 143 Å². The van der Waals surface area contributed by atoms with Crippen LogP contribution < -0.4 is 15.0 Å². The molecule has 1 aliphatic rings. The molecule has 25 heavy (non-hydrogen) atoms. The van der Waals surface area contributed by atoms with Crippen LogP contribution in [0.4, 0.5) is 20.2 Å². The van der Waals surface area contributed by atoms with Crippen molar-refractivity contribution >= 4 is 23.2 Å². The first kappa shape index (κ1) is 16.9. The highest BCUT2D eigenvalue weighted by atomic mass is 19.2. The number of halogens is 2. The van der Waals surface area contributed by atoms with E-state index < -0.39 is 23.5 Å². The zero-order chi connectivity index (χ0) is 18.0. The molecule has 1 saturated heterocycles. The molecule has 0 spiro atoms. The van der Waals surface area contributed by atoms with Crippen molar-refractivity contribution in [3.8, 4) is 5.75 Å². The average molecular weight is 346 g/mol. The van der Waals surface area contributed by atoms with E-state index in [1.54, 1.807) is 24.3 Å². The Morgan fingerprint density at radius 1 is 1.20 bits per heavy atom. The van der Waals surface area contributed by atoms with Gasteiger partial charge in [0.15, 0.2) is 11.6 Å². The van der Waals surface area contributed by atoms with Crippen molar-refractivity contribution < 1.29 is 23.1 Å². The van der Waals surface area contributed by atoms with Crippen molar-refractivity contribution in [2.24, 2.45) is 5.92 Å². The van der Waals surface area contributed by atoms with Crippen LogP contribution in [-0.4, -0.2) is 25.5 Å². The maximum atomic E-state index is 13.2. The van der Waals surface area contributed by atoms with E-state index in [1.807, 2.05) is 0 Å². The van der Waals surface area contributed by atoms with Gasteiger partial charge in [0, 0.05) is 36.5 Å².